The molecule has 0 saturated heterocycles. The highest BCUT2D eigenvalue weighted by atomic mass is 35.5. The lowest BCUT2D eigenvalue weighted by Gasteiger charge is -2.11. The van der Waals surface area contributed by atoms with E-state index in [0.717, 1.165) is 33.0 Å². The van der Waals surface area contributed by atoms with E-state index in [2.05, 4.69) is 82.8 Å². The fraction of sp³-hybridized carbons (Fsp3) is 0. The van der Waals surface area contributed by atoms with Gasteiger partial charge in [0.25, 0.3) is 0 Å². The molecule has 166 valence electrons. The normalized spacial score (nSPS) is 11.0. The molecule has 0 spiro atoms. The Morgan fingerprint density at radius 3 is 1.71 bits per heavy atom. The van der Waals surface area contributed by atoms with E-state index in [-0.39, 0.29) is 5.28 Å². The quantitative estimate of drug-likeness (QED) is 0.260. The van der Waals surface area contributed by atoms with Crippen molar-refractivity contribution in [1.29, 1.82) is 0 Å². The zero-order valence-electron chi connectivity index (χ0n) is 18.8. The number of halogens is 1. The fourth-order valence-electron chi connectivity index (χ4n) is 4.34. The number of nitrogens with zero attached hydrogens (tertiary/aromatic N) is 3. The molecule has 0 N–H and O–H groups in total. The van der Waals surface area contributed by atoms with E-state index in [9.17, 15) is 0 Å². The first-order valence-corrected chi connectivity index (χ1v) is 11.8. The highest BCUT2D eigenvalue weighted by molar-refractivity contribution is 6.28. The van der Waals surface area contributed by atoms with Crippen LogP contribution in [0.4, 0.5) is 0 Å². The molecule has 5 aromatic carbocycles. The van der Waals surface area contributed by atoms with Gasteiger partial charge in [-0.1, -0.05) is 109 Å². The molecule has 1 aromatic heterocycles. The minimum Gasteiger partial charge on any atom is -0.208 e. The van der Waals surface area contributed by atoms with Crippen LogP contribution in [0.15, 0.2) is 121 Å². The molecule has 3 nitrogen and oxygen atoms in total. The highest BCUT2D eigenvalue weighted by Gasteiger charge is 2.14. The molecule has 35 heavy (non-hydrogen) atoms. The number of benzene rings is 5. The van der Waals surface area contributed by atoms with Crippen LogP contribution in [-0.4, -0.2) is 15.0 Å². The van der Waals surface area contributed by atoms with Crippen LogP contribution in [0.2, 0.25) is 5.28 Å². The van der Waals surface area contributed by atoms with E-state index < -0.39 is 0 Å². The van der Waals surface area contributed by atoms with Crippen molar-refractivity contribution >= 4 is 22.4 Å². The Morgan fingerprint density at radius 2 is 0.971 bits per heavy atom. The summed E-state index contributed by atoms with van der Waals surface area (Å²) in [6, 6.07) is 41.4. The number of fused-ring (bicyclic) bond motifs is 1. The first-order valence-electron chi connectivity index (χ1n) is 11.4. The smallest absolute Gasteiger partial charge is 0.208 e. The van der Waals surface area contributed by atoms with Crippen molar-refractivity contribution in [2.45, 2.75) is 0 Å². The van der Waals surface area contributed by atoms with E-state index in [1.807, 2.05) is 48.5 Å². The lowest BCUT2D eigenvalue weighted by molar-refractivity contribution is 1.07. The topological polar surface area (TPSA) is 38.7 Å². The monoisotopic (exact) mass is 469 g/mol. The van der Waals surface area contributed by atoms with Gasteiger partial charge >= 0.3 is 0 Å². The van der Waals surface area contributed by atoms with Gasteiger partial charge in [0.15, 0.2) is 11.6 Å². The molecule has 0 fully saturated rings. The fourth-order valence-corrected chi connectivity index (χ4v) is 4.50. The van der Waals surface area contributed by atoms with Gasteiger partial charge in [-0.2, -0.15) is 9.97 Å². The van der Waals surface area contributed by atoms with Crippen LogP contribution in [0.1, 0.15) is 0 Å². The molecule has 0 saturated carbocycles. The Labute approximate surface area is 208 Å². The first kappa shape index (κ1) is 21.2. The summed E-state index contributed by atoms with van der Waals surface area (Å²) < 4.78 is 0. The second-order valence-electron chi connectivity index (χ2n) is 8.31. The van der Waals surface area contributed by atoms with Gasteiger partial charge in [-0.25, -0.2) is 4.98 Å². The Morgan fingerprint density at radius 1 is 0.400 bits per heavy atom. The van der Waals surface area contributed by atoms with Crippen molar-refractivity contribution in [2.24, 2.45) is 0 Å². The molecule has 0 aliphatic heterocycles. The molecular weight excluding hydrogens is 450 g/mol. The minimum atomic E-state index is 0.172. The summed E-state index contributed by atoms with van der Waals surface area (Å²) in [5.41, 5.74) is 6.30. The number of rotatable bonds is 4. The Balaban J connectivity index is 1.45. The zero-order valence-corrected chi connectivity index (χ0v) is 19.5. The van der Waals surface area contributed by atoms with E-state index in [1.165, 1.54) is 11.1 Å². The van der Waals surface area contributed by atoms with Crippen LogP contribution in [0.3, 0.4) is 0 Å². The summed E-state index contributed by atoms with van der Waals surface area (Å²) in [4.78, 5) is 13.8. The van der Waals surface area contributed by atoms with Gasteiger partial charge in [0.1, 0.15) is 0 Å². The molecule has 1 heterocycles. The van der Waals surface area contributed by atoms with Gasteiger partial charge in [-0.3, -0.25) is 0 Å². The van der Waals surface area contributed by atoms with Gasteiger partial charge in [0.2, 0.25) is 5.28 Å². The predicted octanol–water partition coefficient (Wildman–Crippen LogP) is 8.35. The van der Waals surface area contributed by atoms with Gasteiger partial charge < -0.3 is 0 Å². The van der Waals surface area contributed by atoms with E-state index in [0.29, 0.717) is 11.6 Å². The summed E-state index contributed by atoms with van der Waals surface area (Å²) in [5, 5.41) is 2.45. The zero-order chi connectivity index (χ0) is 23.6. The largest absolute Gasteiger partial charge is 0.226 e. The molecule has 0 amide bonds. The van der Waals surface area contributed by atoms with Crippen molar-refractivity contribution in [3.05, 3.63) is 127 Å². The molecule has 0 bridgehead atoms. The lowest BCUT2D eigenvalue weighted by Crippen LogP contribution is -1.98. The van der Waals surface area contributed by atoms with Crippen LogP contribution >= 0.6 is 11.6 Å². The molecule has 0 atom stereocenters. The average Bonchev–Trinajstić information content (AvgIpc) is 2.93. The molecule has 6 aromatic rings. The predicted molar refractivity (Wildman–Crippen MR) is 144 cm³/mol. The maximum Gasteiger partial charge on any atom is 0.226 e. The third-order valence-corrected chi connectivity index (χ3v) is 6.24. The molecular formula is C31H20ClN3. The van der Waals surface area contributed by atoms with E-state index >= 15 is 0 Å². The Hall–Kier alpha value is -4.34. The van der Waals surface area contributed by atoms with Crippen molar-refractivity contribution in [1.82, 2.24) is 15.0 Å². The number of aromatic nitrogens is 3. The van der Waals surface area contributed by atoms with Crippen LogP contribution in [-0.2, 0) is 0 Å². The summed E-state index contributed by atoms with van der Waals surface area (Å²) >= 11 is 6.41. The van der Waals surface area contributed by atoms with Crippen LogP contribution in [0, 0.1) is 0 Å². The summed E-state index contributed by atoms with van der Waals surface area (Å²) in [7, 11) is 0. The molecule has 6 rings (SSSR count). The summed E-state index contributed by atoms with van der Waals surface area (Å²) in [5.74, 6) is 1.10. The third kappa shape index (κ3) is 4.30. The van der Waals surface area contributed by atoms with Crippen LogP contribution < -0.4 is 0 Å². The molecule has 0 unspecified atom stereocenters. The molecule has 0 aliphatic rings. The minimum absolute atomic E-state index is 0.172. The van der Waals surface area contributed by atoms with Gasteiger partial charge in [0.05, 0.1) is 0 Å². The first-order chi connectivity index (χ1) is 17.2. The van der Waals surface area contributed by atoms with Gasteiger partial charge in [-0.05, 0) is 56.8 Å². The van der Waals surface area contributed by atoms with Gasteiger partial charge in [-0.15, -0.1) is 0 Å². The number of hydrogen-bond acceptors (Lipinski definition) is 3. The van der Waals surface area contributed by atoms with Crippen LogP contribution in [0.5, 0.6) is 0 Å². The second-order valence-corrected chi connectivity index (χ2v) is 8.64. The second kappa shape index (κ2) is 9.13. The van der Waals surface area contributed by atoms with E-state index in [4.69, 9.17) is 16.6 Å². The van der Waals surface area contributed by atoms with Gasteiger partial charge in [0, 0.05) is 11.1 Å². The van der Waals surface area contributed by atoms with Crippen LogP contribution in [0.25, 0.3) is 55.8 Å². The highest BCUT2D eigenvalue weighted by Crippen LogP contribution is 2.32. The van der Waals surface area contributed by atoms with Crippen molar-refractivity contribution < 1.29 is 0 Å². The lowest BCUT2D eigenvalue weighted by atomic mass is 9.99. The Bertz CT molecular complexity index is 1650. The van der Waals surface area contributed by atoms with E-state index in [1.54, 1.807) is 0 Å². The molecule has 4 heteroatoms. The maximum atomic E-state index is 6.41. The maximum absolute atomic E-state index is 6.41. The van der Waals surface area contributed by atoms with Crippen molar-refractivity contribution in [2.75, 3.05) is 0 Å². The third-order valence-electron chi connectivity index (χ3n) is 6.07. The average molecular weight is 470 g/mol. The summed E-state index contributed by atoms with van der Waals surface area (Å²) in [6.07, 6.45) is 0. The standard InChI is InChI=1S/C31H20ClN3/c32-31-34-29(33-30(35-31)28-14-8-7-13-27(28)23-11-5-2-6-12-23)25-18-16-22-15-17-24(19-26(22)20-25)21-9-3-1-4-10-21/h1-20H. The number of hydrogen-bond donors (Lipinski definition) is 0. The SMILES string of the molecule is Clc1nc(-c2ccc3ccc(-c4ccccc4)cc3c2)nc(-c2ccccc2-c2ccccc2)n1. The van der Waals surface area contributed by atoms with Crippen molar-refractivity contribution in [3.8, 4) is 45.0 Å². The molecule has 0 aliphatic carbocycles. The van der Waals surface area contributed by atoms with Crippen molar-refractivity contribution in [3.63, 3.8) is 0 Å². The molecule has 0 radical (unpaired) electrons. The Kier molecular flexibility index (Phi) is 5.53. The summed E-state index contributed by atoms with van der Waals surface area (Å²) in [6.45, 7) is 0.